The summed E-state index contributed by atoms with van der Waals surface area (Å²) in [6, 6.07) is 4.20. The Kier molecular flexibility index (Phi) is 4.82. The molecule has 1 heterocycles. The van der Waals surface area contributed by atoms with Gasteiger partial charge in [-0.15, -0.1) is 11.6 Å². The fourth-order valence-corrected chi connectivity index (χ4v) is 1.47. The van der Waals surface area contributed by atoms with Crippen LogP contribution in [0.5, 0.6) is 0 Å². The van der Waals surface area contributed by atoms with Crippen molar-refractivity contribution < 1.29 is 37.7 Å². The summed E-state index contributed by atoms with van der Waals surface area (Å²) >= 11 is 0. The zero-order chi connectivity index (χ0) is 13.2. The standard InChI is InChI=1S/C13H8F4N.Ir/c14-12(15)6-2-3-7-13(16,17)10(9-12)11-5-1-4-8-18-11;/h1-8H;/q-1;/b6-2-,7-3-;. The van der Waals surface area contributed by atoms with Crippen molar-refractivity contribution in [3.63, 3.8) is 0 Å². The Morgan fingerprint density at radius 2 is 1.68 bits per heavy atom. The molecule has 0 saturated heterocycles. The maximum absolute atomic E-state index is 13.7. The fraction of sp³-hybridized carbons (Fsp3) is 0.154. The summed E-state index contributed by atoms with van der Waals surface area (Å²) in [7, 11) is 0. The van der Waals surface area contributed by atoms with Gasteiger partial charge in [0.25, 0.3) is 5.92 Å². The molecule has 19 heavy (non-hydrogen) atoms. The monoisotopic (exact) mass is 447 g/mol. The number of alkyl halides is 4. The topological polar surface area (TPSA) is 12.9 Å². The predicted octanol–water partition coefficient (Wildman–Crippen LogP) is 3.66. The van der Waals surface area contributed by atoms with Gasteiger partial charge in [-0.25, -0.2) is 8.78 Å². The molecule has 0 atom stereocenters. The van der Waals surface area contributed by atoms with E-state index in [1.807, 2.05) is 0 Å². The van der Waals surface area contributed by atoms with E-state index in [9.17, 15) is 17.6 Å². The quantitative estimate of drug-likeness (QED) is 0.474. The molecule has 0 amide bonds. The number of pyridine rings is 1. The Morgan fingerprint density at radius 1 is 1.00 bits per heavy atom. The first-order chi connectivity index (χ1) is 8.41. The zero-order valence-corrected chi connectivity index (χ0v) is 11.8. The van der Waals surface area contributed by atoms with E-state index in [0.717, 1.165) is 12.2 Å². The molecule has 1 aromatic rings. The number of aromatic nitrogens is 1. The van der Waals surface area contributed by atoms with Gasteiger partial charge in [-0.05, 0) is 18.2 Å². The summed E-state index contributed by atoms with van der Waals surface area (Å²) in [6.07, 6.45) is 5.59. The van der Waals surface area contributed by atoms with E-state index in [0.29, 0.717) is 12.2 Å². The summed E-state index contributed by atoms with van der Waals surface area (Å²) in [5, 5.41) is 0. The molecule has 2 rings (SSSR count). The molecule has 0 N–H and O–H groups in total. The minimum absolute atomic E-state index is 0. The molecule has 0 saturated carbocycles. The largest absolute Gasteiger partial charge is 0.351 e. The normalized spacial score (nSPS) is 23.3. The molecule has 0 fully saturated rings. The molecule has 0 aromatic carbocycles. The third-order valence-corrected chi connectivity index (χ3v) is 2.27. The second kappa shape index (κ2) is 5.80. The van der Waals surface area contributed by atoms with Crippen LogP contribution in [-0.4, -0.2) is 16.8 Å². The van der Waals surface area contributed by atoms with Crippen molar-refractivity contribution in [1.29, 1.82) is 0 Å². The van der Waals surface area contributed by atoms with Gasteiger partial charge >= 0.3 is 0 Å². The van der Waals surface area contributed by atoms with E-state index in [-0.39, 0.29) is 25.8 Å². The maximum Gasteiger partial charge on any atom is 0.261 e. The summed E-state index contributed by atoms with van der Waals surface area (Å²) in [5.41, 5.74) is -1.14. The van der Waals surface area contributed by atoms with Crippen molar-refractivity contribution in [1.82, 2.24) is 4.98 Å². The zero-order valence-electron chi connectivity index (χ0n) is 9.41. The predicted molar refractivity (Wildman–Crippen MR) is 59.1 cm³/mol. The second-order valence-corrected chi connectivity index (χ2v) is 3.68. The smallest absolute Gasteiger partial charge is 0.261 e. The van der Waals surface area contributed by atoms with E-state index in [1.165, 1.54) is 30.5 Å². The van der Waals surface area contributed by atoms with Gasteiger partial charge in [-0.3, -0.25) is 0 Å². The molecule has 0 aliphatic heterocycles. The Balaban J connectivity index is 0.00000180. The van der Waals surface area contributed by atoms with Gasteiger partial charge in [0.15, 0.2) is 0 Å². The summed E-state index contributed by atoms with van der Waals surface area (Å²) in [6.45, 7) is 0. The Labute approximate surface area is 121 Å². The first-order valence-electron chi connectivity index (χ1n) is 5.10. The van der Waals surface area contributed by atoms with Crippen molar-refractivity contribution in [3.8, 4) is 0 Å². The number of rotatable bonds is 1. The van der Waals surface area contributed by atoms with Crippen molar-refractivity contribution in [2.24, 2.45) is 0 Å². The first kappa shape index (κ1) is 15.8. The Hall–Kier alpha value is -1.26. The molecular weight excluding hydrogens is 438 g/mol. The van der Waals surface area contributed by atoms with E-state index in [2.05, 4.69) is 4.98 Å². The molecule has 1 nitrogen and oxygen atoms in total. The van der Waals surface area contributed by atoms with Crippen LogP contribution in [0.15, 0.2) is 48.7 Å². The Morgan fingerprint density at radius 3 is 2.32 bits per heavy atom. The summed E-state index contributed by atoms with van der Waals surface area (Å²) in [5.74, 6) is -7.09. The molecular formula is C13H8F4IrN-. The number of allylic oxidation sites excluding steroid dienone is 6. The van der Waals surface area contributed by atoms with Gasteiger partial charge in [0, 0.05) is 26.3 Å². The molecule has 1 aromatic heterocycles. The minimum atomic E-state index is -3.55. The minimum Gasteiger partial charge on any atom is -0.351 e. The van der Waals surface area contributed by atoms with Crippen LogP contribution in [0.25, 0.3) is 5.57 Å². The fourth-order valence-electron chi connectivity index (χ4n) is 1.47. The number of hydrogen-bond acceptors (Lipinski definition) is 1. The van der Waals surface area contributed by atoms with Crippen molar-refractivity contribution in [3.05, 3.63) is 60.5 Å². The maximum atomic E-state index is 13.7. The van der Waals surface area contributed by atoms with E-state index >= 15 is 0 Å². The molecule has 6 heteroatoms. The van der Waals surface area contributed by atoms with Crippen LogP contribution >= 0.6 is 0 Å². The van der Waals surface area contributed by atoms with Gasteiger partial charge in [0.1, 0.15) is 0 Å². The molecule has 1 aliphatic carbocycles. The third-order valence-electron chi connectivity index (χ3n) is 2.27. The number of halogens is 4. The van der Waals surface area contributed by atoms with Gasteiger partial charge in [0.2, 0.25) is 5.92 Å². The van der Waals surface area contributed by atoms with Crippen LogP contribution in [-0.2, 0) is 20.1 Å². The SMILES string of the molecule is FC1(F)[C-]=C(c2ccccn2)C(F)(F)/C=C\C=C/1.[Ir]. The second-order valence-electron chi connectivity index (χ2n) is 3.68. The van der Waals surface area contributed by atoms with Crippen molar-refractivity contribution in [2.75, 3.05) is 0 Å². The first-order valence-corrected chi connectivity index (χ1v) is 5.10. The summed E-state index contributed by atoms with van der Waals surface area (Å²) < 4.78 is 54.1. The Bertz CT molecular complexity index is 521. The van der Waals surface area contributed by atoms with Crippen LogP contribution in [0.2, 0.25) is 0 Å². The number of hydrogen-bond donors (Lipinski definition) is 0. The summed E-state index contributed by atoms with van der Waals surface area (Å²) in [4.78, 5) is 3.67. The molecule has 0 bridgehead atoms. The van der Waals surface area contributed by atoms with E-state index in [4.69, 9.17) is 0 Å². The van der Waals surface area contributed by atoms with E-state index < -0.39 is 17.4 Å². The van der Waals surface area contributed by atoms with Crippen LogP contribution in [0.3, 0.4) is 0 Å². The molecule has 1 aliphatic rings. The van der Waals surface area contributed by atoms with Crippen LogP contribution < -0.4 is 0 Å². The number of nitrogens with zero attached hydrogens (tertiary/aromatic N) is 1. The molecule has 0 unspecified atom stereocenters. The average Bonchev–Trinajstić information content (AvgIpc) is 2.32. The molecule has 1 radical (unpaired) electrons. The van der Waals surface area contributed by atoms with Crippen LogP contribution in [0.1, 0.15) is 5.69 Å². The van der Waals surface area contributed by atoms with Gasteiger partial charge in [-0.1, -0.05) is 23.9 Å². The van der Waals surface area contributed by atoms with Gasteiger partial charge in [0.05, 0.1) is 0 Å². The van der Waals surface area contributed by atoms with Crippen molar-refractivity contribution in [2.45, 2.75) is 11.8 Å². The van der Waals surface area contributed by atoms with Gasteiger partial charge in [-0.2, -0.15) is 14.9 Å². The third kappa shape index (κ3) is 3.85. The van der Waals surface area contributed by atoms with Crippen molar-refractivity contribution >= 4 is 5.57 Å². The molecule has 0 spiro atoms. The van der Waals surface area contributed by atoms with Crippen LogP contribution in [0, 0.1) is 6.08 Å². The van der Waals surface area contributed by atoms with Crippen LogP contribution in [0.4, 0.5) is 17.6 Å². The van der Waals surface area contributed by atoms with E-state index in [1.54, 1.807) is 0 Å². The average molecular weight is 446 g/mol. The molecule has 103 valence electrons. The van der Waals surface area contributed by atoms with Gasteiger partial charge < -0.3 is 4.98 Å².